The molecule has 0 saturated carbocycles. The standard InChI is InChI=1S/C19H14N2O/c1-22-19-9-5-3-7-17(19)15(13-20)12-14-10-11-21-18-8-4-2-6-16(14)18/h2-12H,1H3/b15-12+. The molecule has 3 aromatic rings. The van der Waals surface area contributed by atoms with E-state index in [-0.39, 0.29) is 0 Å². The average molecular weight is 286 g/mol. The number of nitrogens with zero attached hydrogens (tertiary/aromatic N) is 2. The summed E-state index contributed by atoms with van der Waals surface area (Å²) in [5.41, 5.74) is 3.23. The molecule has 0 aliphatic rings. The Morgan fingerprint density at radius 2 is 1.86 bits per heavy atom. The number of fused-ring (bicyclic) bond motifs is 1. The number of hydrogen-bond acceptors (Lipinski definition) is 3. The van der Waals surface area contributed by atoms with Crippen molar-refractivity contribution in [3.05, 3.63) is 71.9 Å². The summed E-state index contributed by atoms with van der Waals surface area (Å²) in [5.74, 6) is 0.689. The maximum Gasteiger partial charge on any atom is 0.127 e. The molecule has 2 aromatic carbocycles. The molecule has 1 aromatic heterocycles. The van der Waals surface area contributed by atoms with E-state index in [1.54, 1.807) is 13.3 Å². The molecule has 3 heteroatoms. The number of para-hydroxylation sites is 2. The first-order valence-electron chi connectivity index (χ1n) is 6.92. The van der Waals surface area contributed by atoms with Crippen LogP contribution in [-0.2, 0) is 0 Å². The fraction of sp³-hybridized carbons (Fsp3) is 0.0526. The third-order valence-corrected chi connectivity index (χ3v) is 3.50. The van der Waals surface area contributed by atoms with Gasteiger partial charge < -0.3 is 4.74 Å². The Morgan fingerprint density at radius 1 is 1.09 bits per heavy atom. The number of hydrogen-bond donors (Lipinski definition) is 0. The van der Waals surface area contributed by atoms with Crippen LogP contribution in [0.25, 0.3) is 22.6 Å². The zero-order valence-electron chi connectivity index (χ0n) is 12.2. The average Bonchev–Trinajstić information content (AvgIpc) is 2.59. The molecule has 0 spiro atoms. The predicted molar refractivity (Wildman–Crippen MR) is 88.2 cm³/mol. The van der Waals surface area contributed by atoms with Crippen molar-refractivity contribution < 1.29 is 4.74 Å². The van der Waals surface area contributed by atoms with E-state index in [1.165, 1.54) is 0 Å². The lowest BCUT2D eigenvalue weighted by molar-refractivity contribution is 0.413. The summed E-state index contributed by atoms with van der Waals surface area (Å²) in [6.07, 6.45) is 3.63. The summed E-state index contributed by atoms with van der Waals surface area (Å²) in [6.45, 7) is 0. The maximum absolute atomic E-state index is 9.54. The van der Waals surface area contributed by atoms with Gasteiger partial charge in [-0.15, -0.1) is 0 Å². The van der Waals surface area contributed by atoms with E-state index in [0.29, 0.717) is 11.3 Å². The van der Waals surface area contributed by atoms with Gasteiger partial charge in [0.15, 0.2) is 0 Å². The quantitative estimate of drug-likeness (QED) is 0.674. The van der Waals surface area contributed by atoms with Gasteiger partial charge in [0.05, 0.1) is 24.3 Å². The highest BCUT2D eigenvalue weighted by molar-refractivity contribution is 5.98. The van der Waals surface area contributed by atoms with Gasteiger partial charge in [0.2, 0.25) is 0 Å². The number of aromatic nitrogens is 1. The molecule has 0 N–H and O–H groups in total. The molecular weight excluding hydrogens is 272 g/mol. The van der Waals surface area contributed by atoms with Crippen molar-refractivity contribution in [2.24, 2.45) is 0 Å². The summed E-state index contributed by atoms with van der Waals surface area (Å²) in [5, 5.41) is 10.6. The molecule has 0 atom stereocenters. The van der Waals surface area contributed by atoms with Crippen LogP contribution in [0.1, 0.15) is 11.1 Å². The number of nitriles is 1. The minimum atomic E-state index is 0.564. The van der Waals surface area contributed by atoms with Gasteiger partial charge >= 0.3 is 0 Å². The molecule has 0 radical (unpaired) electrons. The third kappa shape index (κ3) is 2.55. The molecule has 0 bridgehead atoms. The van der Waals surface area contributed by atoms with Crippen LogP contribution >= 0.6 is 0 Å². The molecule has 3 rings (SSSR count). The molecule has 0 aliphatic heterocycles. The second-order valence-electron chi connectivity index (χ2n) is 4.79. The van der Waals surface area contributed by atoms with E-state index >= 15 is 0 Å². The van der Waals surface area contributed by atoms with E-state index in [0.717, 1.165) is 22.0 Å². The summed E-state index contributed by atoms with van der Waals surface area (Å²) in [4.78, 5) is 4.34. The number of methoxy groups -OCH3 is 1. The normalized spacial score (nSPS) is 11.2. The van der Waals surface area contributed by atoms with E-state index in [1.807, 2.05) is 60.7 Å². The van der Waals surface area contributed by atoms with Crippen molar-refractivity contribution in [3.63, 3.8) is 0 Å². The summed E-state index contributed by atoms with van der Waals surface area (Å²) in [7, 11) is 1.61. The molecule has 106 valence electrons. The van der Waals surface area contributed by atoms with Crippen molar-refractivity contribution in [1.29, 1.82) is 5.26 Å². The first kappa shape index (κ1) is 13.8. The van der Waals surface area contributed by atoms with Crippen molar-refractivity contribution in [1.82, 2.24) is 4.98 Å². The van der Waals surface area contributed by atoms with Crippen LogP contribution in [0.2, 0.25) is 0 Å². The first-order valence-corrected chi connectivity index (χ1v) is 6.92. The van der Waals surface area contributed by atoms with Crippen molar-refractivity contribution in [3.8, 4) is 11.8 Å². The van der Waals surface area contributed by atoms with Crippen LogP contribution in [-0.4, -0.2) is 12.1 Å². The molecular formula is C19H14N2O. The Labute approximate surface area is 129 Å². The minimum absolute atomic E-state index is 0.564. The topological polar surface area (TPSA) is 45.9 Å². The third-order valence-electron chi connectivity index (χ3n) is 3.50. The lowest BCUT2D eigenvalue weighted by Gasteiger charge is -2.07. The lowest BCUT2D eigenvalue weighted by Crippen LogP contribution is -1.90. The largest absolute Gasteiger partial charge is 0.496 e. The van der Waals surface area contributed by atoms with Crippen LogP contribution in [0.4, 0.5) is 0 Å². The van der Waals surface area contributed by atoms with Crippen molar-refractivity contribution in [2.45, 2.75) is 0 Å². The summed E-state index contributed by atoms with van der Waals surface area (Å²) >= 11 is 0. The Morgan fingerprint density at radius 3 is 2.68 bits per heavy atom. The second kappa shape index (κ2) is 6.11. The number of rotatable bonds is 3. The van der Waals surface area contributed by atoms with Gasteiger partial charge in [-0.05, 0) is 35.9 Å². The highest BCUT2D eigenvalue weighted by Crippen LogP contribution is 2.28. The number of allylic oxidation sites excluding steroid dienone is 1. The van der Waals surface area contributed by atoms with Crippen LogP contribution in [0, 0.1) is 11.3 Å². The molecule has 0 saturated heterocycles. The van der Waals surface area contributed by atoms with Crippen LogP contribution in [0.5, 0.6) is 5.75 Å². The smallest absolute Gasteiger partial charge is 0.127 e. The SMILES string of the molecule is COc1ccccc1/C(C#N)=C/c1ccnc2ccccc12. The summed E-state index contributed by atoms with van der Waals surface area (Å²) < 4.78 is 5.35. The fourth-order valence-electron chi connectivity index (χ4n) is 2.44. The van der Waals surface area contributed by atoms with E-state index in [4.69, 9.17) is 4.74 Å². The van der Waals surface area contributed by atoms with Crippen molar-refractivity contribution in [2.75, 3.05) is 7.11 Å². The zero-order chi connectivity index (χ0) is 15.4. The zero-order valence-corrected chi connectivity index (χ0v) is 12.2. The van der Waals surface area contributed by atoms with Crippen molar-refractivity contribution >= 4 is 22.6 Å². The first-order chi connectivity index (χ1) is 10.8. The van der Waals surface area contributed by atoms with Gasteiger partial charge in [-0.1, -0.05) is 30.3 Å². The Kier molecular flexibility index (Phi) is 3.84. The van der Waals surface area contributed by atoms with E-state index in [9.17, 15) is 5.26 Å². The molecule has 0 unspecified atom stereocenters. The van der Waals surface area contributed by atoms with E-state index < -0.39 is 0 Å². The molecule has 3 nitrogen and oxygen atoms in total. The number of pyridine rings is 1. The van der Waals surface area contributed by atoms with Gasteiger partial charge in [0, 0.05) is 17.1 Å². The Hall–Kier alpha value is -3.12. The summed E-state index contributed by atoms with van der Waals surface area (Å²) in [6, 6.07) is 19.6. The molecule has 0 amide bonds. The molecule has 0 aliphatic carbocycles. The Balaban J connectivity index is 2.18. The van der Waals surface area contributed by atoms with Gasteiger partial charge in [-0.2, -0.15) is 5.26 Å². The highest BCUT2D eigenvalue weighted by Gasteiger charge is 2.08. The van der Waals surface area contributed by atoms with Gasteiger partial charge in [0.25, 0.3) is 0 Å². The van der Waals surface area contributed by atoms with Crippen LogP contribution in [0.15, 0.2) is 60.8 Å². The fourth-order valence-corrected chi connectivity index (χ4v) is 2.44. The van der Waals surface area contributed by atoms with Crippen LogP contribution in [0.3, 0.4) is 0 Å². The maximum atomic E-state index is 9.54. The van der Waals surface area contributed by atoms with Crippen LogP contribution < -0.4 is 4.74 Å². The molecule has 1 heterocycles. The number of benzene rings is 2. The number of ether oxygens (including phenoxy) is 1. The Bertz CT molecular complexity index is 886. The second-order valence-corrected chi connectivity index (χ2v) is 4.79. The minimum Gasteiger partial charge on any atom is -0.496 e. The lowest BCUT2D eigenvalue weighted by atomic mass is 10.0. The monoisotopic (exact) mass is 286 g/mol. The predicted octanol–water partition coefficient (Wildman–Crippen LogP) is 4.31. The van der Waals surface area contributed by atoms with Gasteiger partial charge in [-0.25, -0.2) is 0 Å². The van der Waals surface area contributed by atoms with Gasteiger partial charge in [0.1, 0.15) is 5.75 Å². The van der Waals surface area contributed by atoms with E-state index in [2.05, 4.69) is 11.1 Å². The molecule has 0 fully saturated rings. The highest BCUT2D eigenvalue weighted by atomic mass is 16.5. The van der Waals surface area contributed by atoms with Gasteiger partial charge in [-0.3, -0.25) is 4.98 Å². The molecule has 22 heavy (non-hydrogen) atoms.